The molecule has 0 aliphatic carbocycles. The number of amidine groups is 1. The van der Waals surface area contributed by atoms with E-state index in [4.69, 9.17) is 0 Å². The Kier molecular flexibility index (Phi) is 4.63. The molecule has 82 valence electrons. The average molecular weight is 225 g/mol. The molecular weight excluding hydrogens is 208 g/mol. The van der Waals surface area contributed by atoms with Gasteiger partial charge in [-0.2, -0.15) is 0 Å². The van der Waals surface area contributed by atoms with Gasteiger partial charge in [0, 0.05) is 13.1 Å². The summed E-state index contributed by atoms with van der Waals surface area (Å²) in [6.45, 7) is 5.26. The summed E-state index contributed by atoms with van der Waals surface area (Å²) in [5.74, 6) is 1.20. The molecular formula is C12H17ClN2. The van der Waals surface area contributed by atoms with Crippen LogP contribution in [-0.4, -0.2) is 30.4 Å². The lowest BCUT2D eigenvalue weighted by molar-refractivity contribution is 0.459. The van der Waals surface area contributed by atoms with Crippen molar-refractivity contribution in [3.8, 4) is 0 Å². The van der Waals surface area contributed by atoms with E-state index in [1.54, 1.807) is 0 Å². The molecule has 0 aromatic heterocycles. The Balaban J connectivity index is 0.00000112. The molecule has 0 bridgehead atoms. The molecule has 0 spiro atoms. The maximum absolute atomic E-state index is 4.37. The van der Waals surface area contributed by atoms with E-state index in [2.05, 4.69) is 47.1 Å². The van der Waals surface area contributed by atoms with E-state index in [-0.39, 0.29) is 12.4 Å². The fourth-order valence-electron chi connectivity index (χ4n) is 1.78. The van der Waals surface area contributed by atoms with Crippen molar-refractivity contribution in [1.82, 2.24) is 4.90 Å². The summed E-state index contributed by atoms with van der Waals surface area (Å²) in [5, 5.41) is 0. The summed E-state index contributed by atoms with van der Waals surface area (Å²) in [5.41, 5.74) is 1.41. The molecule has 1 aliphatic heterocycles. The minimum atomic E-state index is 0. The van der Waals surface area contributed by atoms with Crippen LogP contribution in [0.4, 0.5) is 0 Å². The van der Waals surface area contributed by atoms with Crippen molar-refractivity contribution in [3.63, 3.8) is 0 Å². The maximum Gasteiger partial charge on any atom is 0.0959 e. The lowest BCUT2D eigenvalue weighted by Crippen LogP contribution is -2.27. The molecule has 0 radical (unpaired) electrons. The fourth-order valence-corrected chi connectivity index (χ4v) is 1.78. The molecule has 0 atom stereocenters. The molecule has 3 heteroatoms. The van der Waals surface area contributed by atoms with Gasteiger partial charge in [-0.25, -0.2) is 0 Å². The summed E-state index contributed by atoms with van der Waals surface area (Å²) >= 11 is 0. The number of halogens is 1. The van der Waals surface area contributed by atoms with Gasteiger partial charge in [0.2, 0.25) is 0 Å². The Bertz CT molecular complexity index is 322. The van der Waals surface area contributed by atoms with Crippen molar-refractivity contribution in [1.29, 1.82) is 0 Å². The van der Waals surface area contributed by atoms with Crippen LogP contribution in [-0.2, 0) is 6.42 Å². The first-order valence-electron chi connectivity index (χ1n) is 5.16. The largest absolute Gasteiger partial charge is 0.358 e. The van der Waals surface area contributed by atoms with Gasteiger partial charge in [-0.05, 0) is 18.9 Å². The molecule has 0 saturated heterocycles. The number of hydrogen-bond donors (Lipinski definition) is 0. The normalized spacial score (nSPS) is 14.7. The third kappa shape index (κ3) is 3.24. The van der Waals surface area contributed by atoms with Gasteiger partial charge in [-0.15, -0.1) is 12.4 Å². The summed E-state index contributed by atoms with van der Waals surface area (Å²) in [6.07, 6.45) is 1.12. The van der Waals surface area contributed by atoms with Crippen LogP contribution < -0.4 is 0 Å². The first-order chi connectivity index (χ1) is 6.86. The number of rotatable bonds is 3. The third-order valence-electron chi connectivity index (χ3n) is 2.68. The molecule has 0 fully saturated rings. The van der Waals surface area contributed by atoms with Crippen molar-refractivity contribution in [2.24, 2.45) is 4.99 Å². The van der Waals surface area contributed by atoms with Crippen LogP contribution in [0.15, 0.2) is 35.3 Å². The van der Waals surface area contributed by atoms with Crippen LogP contribution >= 0.6 is 12.4 Å². The second kappa shape index (κ2) is 5.76. The van der Waals surface area contributed by atoms with Crippen LogP contribution in [0.25, 0.3) is 0 Å². The highest BCUT2D eigenvalue weighted by atomic mass is 35.5. The predicted molar refractivity (Wildman–Crippen MR) is 66.9 cm³/mol. The van der Waals surface area contributed by atoms with E-state index in [9.17, 15) is 0 Å². The molecule has 0 unspecified atom stereocenters. The summed E-state index contributed by atoms with van der Waals surface area (Å²) < 4.78 is 0. The summed E-state index contributed by atoms with van der Waals surface area (Å²) in [6, 6.07) is 10.6. The highest BCUT2D eigenvalue weighted by Crippen LogP contribution is 2.05. The van der Waals surface area contributed by atoms with E-state index in [0.717, 1.165) is 26.1 Å². The lowest BCUT2D eigenvalue weighted by Gasteiger charge is -2.17. The predicted octanol–water partition coefficient (Wildman–Crippen LogP) is 2.38. The van der Waals surface area contributed by atoms with E-state index in [1.165, 1.54) is 11.4 Å². The van der Waals surface area contributed by atoms with Gasteiger partial charge in [0.25, 0.3) is 0 Å². The monoisotopic (exact) mass is 224 g/mol. The average Bonchev–Trinajstić information content (AvgIpc) is 2.63. The Hall–Kier alpha value is -1.02. The Morgan fingerprint density at radius 1 is 1.27 bits per heavy atom. The number of aliphatic imine (C=N–C) groups is 1. The zero-order valence-electron chi connectivity index (χ0n) is 9.02. The molecule has 2 nitrogen and oxygen atoms in total. The van der Waals surface area contributed by atoms with Crippen LogP contribution in [0.5, 0.6) is 0 Å². The molecule has 0 saturated carbocycles. The van der Waals surface area contributed by atoms with Gasteiger partial charge in [-0.3, -0.25) is 4.99 Å². The fraction of sp³-hybridized carbons (Fsp3) is 0.417. The number of hydrogen-bond acceptors (Lipinski definition) is 2. The van der Waals surface area contributed by atoms with Gasteiger partial charge < -0.3 is 4.90 Å². The highest BCUT2D eigenvalue weighted by Gasteiger charge is 2.11. The second-order valence-electron chi connectivity index (χ2n) is 3.65. The molecule has 1 aromatic rings. The van der Waals surface area contributed by atoms with E-state index in [0.29, 0.717) is 0 Å². The summed E-state index contributed by atoms with van der Waals surface area (Å²) in [4.78, 5) is 6.73. The topological polar surface area (TPSA) is 15.6 Å². The molecule has 0 amide bonds. The zero-order valence-corrected chi connectivity index (χ0v) is 9.83. The lowest BCUT2D eigenvalue weighted by atomic mass is 10.1. The van der Waals surface area contributed by atoms with E-state index in [1.807, 2.05) is 0 Å². The maximum atomic E-state index is 4.37. The van der Waals surface area contributed by atoms with Crippen LogP contribution in [0.3, 0.4) is 0 Å². The van der Waals surface area contributed by atoms with Crippen molar-refractivity contribution < 1.29 is 0 Å². The molecule has 1 aliphatic rings. The Morgan fingerprint density at radius 2 is 2.00 bits per heavy atom. The molecule has 1 aromatic carbocycles. The number of nitrogens with zero attached hydrogens (tertiary/aromatic N) is 2. The van der Waals surface area contributed by atoms with Gasteiger partial charge in [0.1, 0.15) is 0 Å². The van der Waals surface area contributed by atoms with Crippen molar-refractivity contribution in [3.05, 3.63) is 35.9 Å². The van der Waals surface area contributed by atoms with E-state index < -0.39 is 0 Å². The van der Waals surface area contributed by atoms with Crippen LogP contribution in [0, 0.1) is 0 Å². The SMILES string of the molecule is CC1=NCCN1CCc1ccccc1.Cl. The highest BCUT2D eigenvalue weighted by molar-refractivity contribution is 5.85. The quantitative estimate of drug-likeness (QED) is 0.770. The first-order valence-corrected chi connectivity index (χ1v) is 5.16. The molecule has 0 N–H and O–H groups in total. The van der Waals surface area contributed by atoms with E-state index >= 15 is 0 Å². The molecule has 15 heavy (non-hydrogen) atoms. The second-order valence-corrected chi connectivity index (χ2v) is 3.65. The zero-order chi connectivity index (χ0) is 9.80. The van der Waals surface area contributed by atoms with Crippen LogP contribution in [0.1, 0.15) is 12.5 Å². The summed E-state index contributed by atoms with van der Waals surface area (Å²) in [7, 11) is 0. The van der Waals surface area contributed by atoms with Gasteiger partial charge >= 0.3 is 0 Å². The van der Waals surface area contributed by atoms with Gasteiger partial charge in [-0.1, -0.05) is 30.3 Å². The molecule has 1 heterocycles. The van der Waals surface area contributed by atoms with Crippen molar-refractivity contribution in [2.75, 3.05) is 19.6 Å². The van der Waals surface area contributed by atoms with Crippen molar-refractivity contribution in [2.45, 2.75) is 13.3 Å². The van der Waals surface area contributed by atoms with Crippen molar-refractivity contribution >= 4 is 18.2 Å². The minimum Gasteiger partial charge on any atom is -0.358 e. The van der Waals surface area contributed by atoms with Crippen LogP contribution in [0.2, 0.25) is 0 Å². The minimum absolute atomic E-state index is 0. The van der Waals surface area contributed by atoms with Gasteiger partial charge in [0.05, 0.1) is 12.4 Å². The third-order valence-corrected chi connectivity index (χ3v) is 2.68. The standard InChI is InChI=1S/C12H16N2.ClH/c1-11-13-8-10-14(11)9-7-12-5-3-2-4-6-12;/h2-6H,7-10H2,1H3;1H. The number of benzene rings is 1. The van der Waals surface area contributed by atoms with Gasteiger partial charge in [0.15, 0.2) is 0 Å². The Morgan fingerprint density at radius 3 is 2.60 bits per heavy atom. The molecule has 2 rings (SSSR count). The first kappa shape index (κ1) is 12.1. The Labute approximate surface area is 97.4 Å². The smallest absolute Gasteiger partial charge is 0.0959 e.